The van der Waals surface area contributed by atoms with Crippen molar-refractivity contribution in [1.82, 2.24) is 0 Å². The molecule has 1 aromatic rings. The van der Waals surface area contributed by atoms with Crippen LogP contribution < -0.4 is 5.73 Å². The predicted octanol–water partition coefficient (Wildman–Crippen LogP) is 4.26. The summed E-state index contributed by atoms with van der Waals surface area (Å²) in [4.78, 5) is 4.59. The molecule has 1 aromatic carbocycles. The normalized spacial score (nSPS) is 13.2. The predicted molar refractivity (Wildman–Crippen MR) is 93.9 cm³/mol. The Bertz CT molecular complexity index is 643. The monoisotopic (exact) mass is 295 g/mol. The first-order valence-electron chi connectivity index (χ1n) is 7.63. The number of allylic oxidation sites excluding steroid dienone is 2. The molecule has 0 aromatic heterocycles. The molecule has 0 aliphatic carbocycles. The maximum atomic E-state index is 8.93. The number of nitrogens with zero attached hydrogens (tertiary/aromatic N) is 2. The SMILES string of the molecule is CC/C(C)=C/C(=C\N=C(C)c1ccc(C#N)cc1C)CCN. The summed E-state index contributed by atoms with van der Waals surface area (Å²) >= 11 is 0. The molecule has 0 atom stereocenters. The van der Waals surface area contributed by atoms with Gasteiger partial charge in [0.05, 0.1) is 11.6 Å². The summed E-state index contributed by atoms with van der Waals surface area (Å²) in [6, 6.07) is 7.83. The van der Waals surface area contributed by atoms with Crippen LogP contribution in [0.4, 0.5) is 0 Å². The molecular formula is C19H25N3. The Balaban J connectivity index is 3.09. The van der Waals surface area contributed by atoms with Gasteiger partial charge < -0.3 is 5.73 Å². The van der Waals surface area contributed by atoms with Gasteiger partial charge in [-0.05, 0) is 69.0 Å². The molecule has 0 saturated heterocycles. The second-order valence-corrected chi connectivity index (χ2v) is 5.44. The molecule has 0 spiro atoms. The molecule has 22 heavy (non-hydrogen) atoms. The third-order valence-corrected chi connectivity index (χ3v) is 3.59. The van der Waals surface area contributed by atoms with E-state index >= 15 is 0 Å². The molecule has 0 heterocycles. The van der Waals surface area contributed by atoms with Gasteiger partial charge in [0.1, 0.15) is 0 Å². The van der Waals surface area contributed by atoms with Crippen LogP contribution in [0.2, 0.25) is 0 Å². The number of nitriles is 1. The molecule has 0 aliphatic heterocycles. The van der Waals surface area contributed by atoms with Crippen molar-refractivity contribution in [3.63, 3.8) is 0 Å². The molecule has 3 nitrogen and oxygen atoms in total. The van der Waals surface area contributed by atoms with Crippen LogP contribution in [0.3, 0.4) is 0 Å². The Hall–Kier alpha value is -2.18. The first-order valence-corrected chi connectivity index (χ1v) is 7.63. The van der Waals surface area contributed by atoms with Crippen LogP contribution in [-0.2, 0) is 0 Å². The van der Waals surface area contributed by atoms with E-state index in [0.29, 0.717) is 12.1 Å². The van der Waals surface area contributed by atoms with Crippen LogP contribution in [0.25, 0.3) is 0 Å². The fraction of sp³-hybridized carbons (Fsp3) is 0.368. The lowest BCUT2D eigenvalue weighted by molar-refractivity contribution is 0.960. The van der Waals surface area contributed by atoms with Crippen LogP contribution in [0, 0.1) is 18.3 Å². The molecule has 0 amide bonds. The fourth-order valence-electron chi connectivity index (χ4n) is 2.15. The molecule has 0 fully saturated rings. The average molecular weight is 295 g/mol. The highest BCUT2D eigenvalue weighted by Gasteiger charge is 2.03. The second kappa shape index (κ2) is 8.96. The number of aryl methyl sites for hydroxylation is 1. The maximum Gasteiger partial charge on any atom is 0.0991 e. The Kier molecular flexibility index (Phi) is 7.28. The van der Waals surface area contributed by atoms with E-state index in [4.69, 9.17) is 11.0 Å². The summed E-state index contributed by atoms with van der Waals surface area (Å²) in [6.45, 7) is 8.86. The Labute approximate surface area is 133 Å². The Morgan fingerprint density at radius 1 is 1.36 bits per heavy atom. The van der Waals surface area contributed by atoms with Crippen molar-refractivity contribution in [3.05, 3.63) is 58.3 Å². The molecule has 0 saturated carbocycles. The van der Waals surface area contributed by atoms with Gasteiger partial charge in [-0.1, -0.05) is 24.6 Å². The van der Waals surface area contributed by atoms with Crippen LogP contribution in [0.1, 0.15) is 50.3 Å². The summed E-state index contributed by atoms with van der Waals surface area (Å²) in [5.74, 6) is 0. The molecule has 2 N–H and O–H groups in total. The number of aliphatic imine (C=N–C) groups is 1. The lowest BCUT2D eigenvalue weighted by Gasteiger charge is -2.06. The maximum absolute atomic E-state index is 8.93. The van der Waals surface area contributed by atoms with Crippen molar-refractivity contribution in [2.24, 2.45) is 10.7 Å². The number of hydrogen-bond acceptors (Lipinski definition) is 3. The van der Waals surface area contributed by atoms with Crippen molar-refractivity contribution < 1.29 is 0 Å². The third-order valence-electron chi connectivity index (χ3n) is 3.59. The minimum Gasteiger partial charge on any atom is -0.330 e. The molecule has 116 valence electrons. The van der Waals surface area contributed by atoms with E-state index in [0.717, 1.165) is 35.3 Å². The van der Waals surface area contributed by atoms with Gasteiger partial charge in [0.25, 0.3) is 0 Å². The standard InChI is InChI=1S/C19H25N3/c1-5-14(2)10-18(8-9-20)13-22-16(4)19-7-6-17(12-21)11-15(19)3/h6-7,10-11,13H,5,8-9,20H2,1-4H3/b14-10+,18-13-,22-16?. The lowest BCUT2D eigenvalue weighted by atomic mass is 10.0. The molecule has 0 radical (unpaired) electrons. The van der Waals surface area contributed by atoms with Crippen LogP contribution in [0.15, 0.2) is 46.6 Å². The van der Waals surface area contributed by atoms with Gasteiger partial charge >= 0.3 is 0 Å². The second-order valence-electron chi connectivity index (χ2n) is 5.44. The van der Waals surface area contributed by atoms with E-state index in [-0.39, 0.29) is 0 Å². The van der Waals surface area contributed by atoms with Crippen molar-refractivity contribution in [2.45, 2.75) is 40.5 Å². The van der Waals surface area contributed by atoms with Gasteiger partial charge in [-0.15, -0.1) is 0 Å². The van der Waals surface area contributed by atoms with Crippen LogP contribution >= 0.6 is 0 Å². The summed E-state index contributed by atoms with van der Waals surface area (Å²) in [7, 11) is 0. The molecule has 0 bridgehead atoms. The zero-order valence-electron chi connectivity index (χ0n) is 14.0. The Morgan fingerprint density at radius 3 is 2.64 bits per heavy atom. The minimum absolute atomic E-state index is 0.615. The molecule has 0 aliphatic rings. The van der Waals surface area contributed by atoms with E-state index in [9.17, 15) is 0 Å². The first kappa shape index (κ1) is 17.9. The largest absolute Gasteiger partial charge is 0.330 e. The number of rotatable bonds is 6. The Morgan fingerprint density at radius 2 is 2.09 bits per heavy atom. The smallest absolute Gasteiger partial charge is 0.0991 e. The number of benzene rings is 1. The summed E-state index contributed by atoms with van der Waals surface area (Å²) in [5.41, 5.74) is 11.9. The van der Waals surface area contributed by atoms with E-state index in [2.05, 4.69) is 31.0 Å². The fourth-order valence-corrected chi connectivity index (χ4v) is 2.15. The molecule has 1 rings (SSSR count). The van der Waals surface area contributed by atoms with Gasteiger partial charge in [0.2, 0.25) is 0 Å². The van der Waals surface area contributed by atoms with Gasteiger partial charge in [-0.25, -0.2) is 0 Å². The van der Waals surface area contributed by atoms with Gasteiger partial charge in [-0.3, -0.25) is 4.99 Å². The summed E-state index contributed by atoms with van der Waals surface area (Å²) in [5, 5.41) is 8.93. The average Bonchev–Trinajstić information content (AvgIpc) is 2.52. The number of nitrogens with two attached hydrogens (primary N) is 1. The van der Waals surface area contributed by atoms with Crippen molar-refractivity contribution in [1.29, 1.82) is 5.26 Å². The highest BCUT2D eigenvalue weighted by atomic mass is 14.7. The van der Waals surface area contributed by atoms with E-state index in [1.54, 1.807) is 0 Å². The summed E-state index contributed by atoms with van der Waals surface area (Å²) in [6.07, 6.45) is 5.91. The topological polar surface area (TPSA) is 62.2 Å². The van der Waals surface area contributed by atoms with Crippen molar-refractivity contribution in [2.75, 3.05) is 6.54 Å². The van der Waals surface area contributed by atoms with E-state index in [1.165, 1.54) is 5.57 Å². The number of hydrogen-bond donors (Lipinski definition) is 1. The molecular weight excluding hydrogens is 270 g/mol. The van der Waals surface area contributed by atoms with Crippen LogP contribution in [-0.4, -0.2) is 12.3 Å². The quantitative estimate of drug-likeness (QED) is 0.629. The van der Waals surface area contributed by atoms with Crippen LogP contribution in [0.5, 0.6) is 0 Å². The highest BCUT2D eigenvalue weighted by Crippen LogP contribution is 2.14. The minimum atomic E-state index is 0.615. The highest BCUT2D eigenvalue weighted by molar-refractivity contribution is 6.00. The third kappa shape index (κ3) is 5.31. The first-order chi connectivity index (χ1) is 10.5. The van der Waals surface area contributed by atoms with Crippen molar-refractivity contribution >= 4 is 5.71 Å². The molecule has 3 heteroatoms. The zero-order valence-corrected chi connectivity index (χ0v) is 14.0. The van der Waals surface area contributed by atoms with Gasteiger partial charge in [-0.2, -0.15) is 5.26 Å². The van der Waals surface area contributed by atoms with Crippen molar-refractivity contribution in [3.8, 4) is 6.07 Å². The molecule has 0 unspecified atom stereocenters. The lowest BCUT2D eigenvalue weighted by Crippen LogP contribution is -2.01. The zero-order chi connectivity index (χ0) is 16.5. The van der Waals surface area contributed by atoms with Gasteiger partial charge in [0.15, 0.2) is 0 Å². The van der Waals surface area contributed by atoms with E-state index in [1.807, 2.05) is 38.2 Å². The van der Waals surface area contributed by atoms with E-state index < -0.39 is 0 Å². The van der Waals surface area contributed by atoms with Gasteiger partial charge in [0, 0.05) is 11.9 Å². The summed E-state index contributed by atoms with van der Waals surface area (Å²) < 4.78 is 0.